The normalized spacial score (nSPS) is 17.7. The molecule has 0 bridgehead atoms. The molecule has 3 heterocycles. The Balaban J connectivity index is 1.91. The monoisotopic (exact) mass is 320 g/mol. The number of likely N-dealkylation sites (tertiary alicyclic amines) is 1. The number of hydrogen-bond donors (Lipinski definition) is 1. The number of carbonyl (C=O) groups is 1. The SMILES string of the molecule is CCc1cc(C(=O)N2CCCC2c2nc(C)c(F)c(=O)[nH]2)no1. The fourth-order valence-electron chi connectivity index (χ4n) is 2.77. The maximum atomic E-state index is 13.5. The van der Waals surface area contributed by atoms with E-state index in [1.807, 2.05) is 6.92 Å². The minimum Gasteiger partial charge on any atom is -0.361 e. The molecule has 1 N–H and O–H groups in total. The van der Waals surface area contributed by atoms with Gasteiger partial charge in [-0.1, -0.05) is 12.1 Å². The number of nitrogens with zero attached hydrogens (tertiary/aromatic N) is 3. The minimum absolute atomic E-state index is 0.0257. The molecule has 1 amide bonds. The lowest BCUT2D eigenvalue weighted by molar-refractivity contribution is 0.0718. The van der Waals surface area contributed by atoms with E-state index in [9.17, 15) is 14.0 Å². The molecule has 122 valence electrons. The van der Waals surface area contributed by atoms with Crippen LogP contribution >= 0.6 is 0 Å². The molecule has 0 aliphatic carbocycles. The Morgan fingerprint density at radius 1 is 1.57 bits per heavy atom. The van der Waals surface area contributed by atoms with E-state index < -0.39 is 17.4 Å². The van der Waals surface area contributed by atoms with Gasteiger partial charge in [0.05, 0.1) is 11.7 Å². The van der Waals surface area contributed by atoms with Gasteiger partial charge in [0.25, 0.3) is 11.5 Å². The fraction of sp³-hybridized carbons (Fsp3) is 0.467. The van der Waals surface area contributed by atoms with E-state index in [-0.39, 0.29) is 17.3 Å². The fourth-order valence-corrected chi connectivity index (χ4v) is 2.77. The van der Waals surface area contributed by atoms with Crippen LogP contribution in [0.4, 0.5) is 4.39 Å². The average Bonchev–Trinajstić information content (AvgIpc) is 3.20. The third-order valence-electron chi connectivity index (χ3n) is 4.00. The first-order valence-corrected chi connectivity index (χ1v) is 7.54. The Morgan fingerprint density at radius 3 is 3.00 bits per heavy atom. The standard InChI is InChI=1S/C15H17FN4O3/c1-3-9-7-10(19-23-9)15(22)20-6-4-5-11(20)13-17-8(2)12(16)14(21)18-13/h7,11H,3-6H2,1-2H3,(H,17,18,21). The Bertz CT molecular complexity index is 798. The number of rotatable bonds is 3. The highest BCUT2D eigenvalue weighted by Gasteiger charge is 2.34. The summed E-state index contributed by atoms with van der Waals surface area (Å²) in [5.74, 6) is -0.235. The van der Waals surface area contributed by atoms with Gasteiger partial charge < -0.3 is 14.4 Å². The van der Waals surface area contributed by atoms with E-state index in [0.717, 1.165) is 6.42 Å². The summed E-state index contributed by atoms with van der Waals surface area (Å²) in [6, 6.07) is 1.22. The van der Waals surface area contributed by atoms with E-state index in [1.165, 1.54) is 6.92 Å². The molecule has 1 aliphatic rings. The zero-order valence-corrected chi connectivity index (χ0v) is 12.9. The number of aromatic amines is 1. The number of aromatic nitrogens is 3. The highest BCUT2D eigenvalue weighted by Crippen LogP contribution is 2.31. The van der Waals surface area contributed by atoms with Gasteiger partial charge in [-0.2, -0.15) is 4.39 Å². The lowest BCUT2D eigenvalue weighted by Gasteiger charge is -2.23. The molecule has 2 aromatic rings. The van der Waals surface area contributed by atoms with Gasteiger partial charge in [0.1, 0.15) is 11.6 Å². The highest BCUT2D eigenvalue weighted by atomic mass is 19.1. The molecule has 1 unspecified atom stereocenters. The van der Waals surface area contributed by atoms with Gasteiger partial charge in [0.2, 0.25) is 5.82 Å². The van der Waals surface area contributed by atoms with E-state index in [1.54, 1.807) is 11.0 Å². The molecule has 7 nitrogen and oxygen atoms in total. The molecule has 0 radical (unpaired) electrons. The van der Waals surface area contributed by atoms with Crippen molar-refractivity contribution >= 4 is 5.91 Å². The van der Waals surface area contributed by atoms with Gasteiger partial charge in [-0.25, -0.2) is 4.98 Å². The molecule has 1 atom stereocenters. The number of halogens is 1. The van der Waals surface area contributed by atoms with Crippen LogP contribution in [0.5, 0.6) is 0 Å². The van der Waals surface area contributed by atoms with Crippen molar-refractivity contribution in [2.75, 3.05) is 6.54 Å². The number of carbonyl (C=O) groups excluding carboxylic acids is 1. The summed E-state index contributed by atoms with van der Waals surface area (Å²) < 4.78 is 18.5. The first-order valence-electron chi connectivity index (χ1n) is 7.54. The molecule has 3 rings (SSSR count). The summed E-state index contributed by atoms with van der Waals surface area (Å²) in [6.07, 6.45) is 2.07. The first kappa shape index (κ1) is 15.4. The Morgan fingerprint density at radius 2 is 2.35 bits per heavy atom. The van der Waals surface area contributed by atoms with E-state index >= 15 is 0 Å². The van der Waals surface area contributed by atoms with Crippen molar-refractivity contribution in [1.29, 1.82) is 0 Å². The van der Waals surface area contributed by atoms with Crippen molar-refractivity contribution in [3.63, 3.8) is 0 Å². The molecular formula is C15H17FN4O3. The number of hydrogen-bond acceptors (Lipinski definition) is 5. The smallest absolute Gasteiger partial charge is 0.287 e. The van der Waals surface area contributed by atoms with Gasteiger partial charge >= 0.3 is 0 Å². The van der Waals surface area contributed by atoms with Crippen LogP contribution in [0.25, 0.3) is 0 Å². The molecule has 1 aliphatic heterocycles. The number of nitrogens with one attached hydrogen (secondary N) is 1. The van der Waals surface area contributed by atoms with Crippen molar-refractivity contribution in [3.05, 3.63) is 45.2 Å². The quantitative estimate of drug-likeness (QED) is 0.930. The second kappa shape index (κ2) is 5.94. The summed E-state index contributed by atoms with van der Waals surface area (Å²) in [5, 5.41) is 3.79. The van der Waals surface area contributed by atoms with Crippen molar-refractivity contribution in [3.8, 4) is 0 Å². The zero-order valence-electron chi connectivity index (χ0n) is 12.9. The van der Waals surface area contributed by atoms with Gasteiger partial charge in [0, 0.05) is 19.0 Å². The molecule has 2 aromatic heterocycles. The van der Waals surface area contributed by atoms with E-state index in [4.69, 9.17) is 4.52 Å². The summed E-state index contributed by atoms with van der Waals surface area (Å²) in [6.45, 7) is 3.86. The van der Waals surface area contributed by atoms with Gasteiger partial charge in [-0.15, -0.1) is 0 Å². The molecular weight excluding hydrogens is 303 g/mol. The third-order valence-corrected chi connectivity index (χ3v) is 4.00. The van der Waals surface area contributed by atoms with Crippen molar-refractivity contribution < 1.29 is 13.7 Å². The number of H-pyrrole nitrogens is 1. The lowest BCUT2D eigenvalue weighted by atomic mass is 10.2. The van der Waals surface area contributed by atoms with Gasteiger partial charge in [0.15, 0.2) is 5.69 Å². The molecule has 1 saturated heterocycles. The summed E-state index contributed by atoms with van der Waals surface area (Å²) >= 11 is 0. The van der Waals surface area contributed by atoms with Crippen molar-refractivity contribution in [1.82, 2.24) is 20.0 Å². The second-order valence-electron chi connectivity index (χ2n) is 5.54. The Labute approximate surface area is 131 Å². The maximum Gasteiger partial charge on any atom is 0.287 e. The van der Waals surface area contributed by atoms with Gasteiger partial charge in [-0.05, 0) is 19.8 Å². The van der Waals surface area contributed by atoms with E-state index in [0.29, 0.717) is 31.0 Å². The largest absolute Gasteiger partial charge is 0.361 e. The predicted octanol–water partition coefficient (Wildman–Crippen LogP) is 1.75. The van der Waals surface area contributed by atoms with Crippen LogP contribution in [0.15, 0.2) is 15.4 Å². The van der Waals surface area contributed by atoms with Crippen LogP contribution in [-0.4, -0.2) is 32.5 Å². The van der Waals surface area contributed by atoms with Crippen molar-refractivity contribution in [2.24, 2.45) is 0 Å². The van der Waals surface area contributed by atoms with Crippen LogP contribution in [0.3, 0.4) is 0 Å². The van der Waals surface area contributed by atoms with Crippen LogP contribution in [-0.2, 0) is 6.42 Å². The van der Waals surface area contributed by atoms with Crippen LogP contribution < -0.4 is 5.56 Å². The topological polar surface area (TPSA) is 92.1 Å². The molecule has 8 heteroatoms. The highest BCUT2D eigenvalue weighted by molar-refractivity contribution is 5.92. The first-order chi connectivity index (χ1) is 11.0. The minimum atomic E-state index is -0.895. The predicted molar refractivity (Wildman–Crippen MR) is 78.4 cm³/mol. The zero-order chi connectivity index (χ0) is 16.6. The van der Waals surface area contributed by atoms with Gasteiger partial charge in [-0.3, -0.25) is 9.59 Å². The molecule has 0 saturated carbocycles. The summed E-state index contributed by atoms with van der Waals surface area (Å²) in [5.41, 5.74) is -0.561. The Hall–Kier alpha value is -2.51. The molecule has 0 spiro atoms. The third kappa shape index (κ3) is 2.76. The second-order valence-corrected chi connectivity index (χ2v) is 5.54. The summed E-state index contributed by atoms with van der Waals surface area (Å²) in [7, 11) is 0. The number of aryl methyl sites for hydroxylation is 2. The number of amides is 1. The lowest BCUT2D eigenvalue weighted by Crippen LogP contribution is -2.33. The van der Waals surface area contributed by atoms with Crippen LogP contribution in [0.1, 0.15) is 53.6 Å². The molecule has 23 heavy (non-hydrogen) atoms. The van der Waals surface area contributed by atoms with Crippen molar-refractivity contribution in [2.45, 2.75) is 39.2 Å². The molecule has 0 aromatic carbocycles. The average molecular weight is 320 g/mol. The Kier molecular flexibility index (Phi) is 3.97. The van der Waals surface area contributed by atoms with E-state index in [2.05, 4.69) is 15.1 Å². The van der Waals surface area contributed by atoms with Crippen LogP contribution in [0.2, 0.25) is 0 Å². The van der Waals surface area contributed by atoms with Crippen LogP contribution in [0, 0.1) is 12.7 Å². The summed E-state index contributed by atoms with van der Waals surface area (Å²) in [4.78, 5) is 32.3. The maximum absolute atomic E-state index is 13.5. The molecule has 1 fully saturated rings.